The fourth-order valence-electron chi connectivity index (χ4n) is 3.72. The Morgan fingerprint density at radius 2 is 1.73 bits per heavy atom. The molecule has 1 aromatic carbocycles. The number of nitrogens with zero attached hydrogens (tertiary/aromatic N) is 6. The van der Waals surface area contributed by atoms with Gasteiger partial charge in [-0.1, -0.05) is 23.4 Å². The summed E-state index contributed by atoms with van der Waals surface area (Å²) in [5, 5.41) is 6.93. The second kappa shape index (κ2) is 9.49. The molecule has 0 bridgehead atoms. The second-order valence-electron chi connectivity index (χ2n) is 8.47. The summed E-state index contributed by atoms with van der Waals surface area (Å²) in [5.41, 5.74) is 6.62. The zero-order chi connectivity index (χ0) is 22.6. The predicted molar refractivity (Wildman–Crippen MR) is 119 cm³/mol. The average Bonchev–Trinajstić information content (AvgIpc) is 3.52. The second-order valence-corrected chi connectivity index (χ2v) is 8.47. The van der Waals surface area contributed by atoms with Crippen LogP contribution in [0.5, 0.6) is 0 Å². The number of anilines is 3. The third kappa shape index (κ3) is 5.43. The lowest BCUT2D eigenvalue weighted by atomic mass is 9.98. The first-order valence-electron chi connectivity index (χ1n) is 11.2. The Kier molecular flexibility index (Phi) is 6.11. The maximum atomic E-state index is 12.8. The van der Waals surface area contributed by atoms with Crippen molar-refractivity contribution in [1.29, 1.82) is 0 Å². The molecule has 0 spiro atoms. The number of piperidine rings is 1. The van der Waals surface area contributed by atoms with E-state index in [0.29, 0.717) is 19.0 Å². The van der Waals surface area contributed by atoms with Crippen LogP contribution in [0.2, 0.25) is 0 Å². The van der Waals surface area contributed by atoms with Crippen LogP contribution in [0.3, 0.4) is 0 Å². The summed E-state index contributed by atoms with van der Waals surface area (Å²) in [7, 11) is 0. The molecule has 5 rings (SSSR count). The first-order chi connectivity index (χ1) is 16.1. The van der Waals surface area contributed by atoms with Crippen molar-refractivity contribution in [3.63, 3.8) is 0 Å². The van der Waals surface area contributed by atoms with Crippen LogP contribution in [0, 0.1) is 11.8 Å². The quantitative estimate of drug-likeness (QED) is 0.525. The highest BCUT2D eigenvalue weighted by molar-refractivity contribution is 5.90. The smallest absolute Gasteiger partial charge is 0.316 e. The number of aromatic nitrogens is 5. The van der Waals surface area contributed by atoms with E-state index >= 15 is 0 Å². The maximum Gasteiger partial charge on any atom is 0.316 e. The van der Waals surface area contributed by atoms with Gasteiger partial charge in [0.15, 0.2) is 0 Å². The minimum Gasteiger partial charge on any atom is -0.381 e. The number of hydrogen-bond donors (Lipinski definition) is 2. The highest BCUT2D eigenvalue weighted by Crippen LogP contribution is 2.29. The Bertz CT molecular complexity index is 1090. The lowest BCUT2D eigenvalue weighted by molar-refractivity contribution is 0.0470. The molecule has 0 radical (unpaired) electrons. The van der Waals surface area contributed by atoms with Crippen LogP contribution in [0.15, 0.2) is 34.9 Å². The molecule has 1 amide bonds. The molecule has 1 aliphatic heterocycles. The molecule has 33 heavy (non-hydrogen) atoms. The predicted octanol–water partition coefficient (Wildman–Crippen LogP) is 2.53. The molecule has 172 valence electrons. The zero-order valence-electron chi connectivity index (χ0n) is 18.2. The van der Waals surface area contributed by atoms with Crippen LogP contribution in [0.1, 0.15) is 36.4 Å². The van der Waals surface area contributed by atoms with Gasteiger partial charge in [0.2, 0.25) is 23.5 Å². The van der Waals surface area contributed by atoms with Gasteiger partial charge < -0.3 is 25.2 Å². The van der Waals surface area contributed by atoms with Gasteiger partial charge in [0.05, 0.1) is 0 Å². The van der Waals surface area contributed by atoms with Crippen LogP contribution in [0.4, 0.5) is 17.6 Å². The molecular weight excluding hydrogens is 424 g/mol. The molecular formula is C22H26N8O3. The minimum absolute atomic E-state index is 0.00193. The summed E-state index contributed by atoms with van der Waals surface area (Å²) in [6.07, 6.45) is 4.38. The molecule has 0 unspecified atom stereocenters. The molecule has 2 aliphatic rings. The van der Waals surface area contributed by atoms with Gasteiger partial charge >= 0.3 is 11.8 Å². The van der Waals surface area contributed by atoms with E-state index in [1.54, 1.807) is 4.90 Å². The van der Waals surface area contributed by atoms with Crippen molar-refractivity contribution in [3.05, 3.63) is 36.2 Å². The highest BCUT2D eigenvalue weighted by Gasteiger charge is 2.29. The lowest BCUT2D eigenvalue weighted by Crippen LogP contribution is -2.39. The summed E-state index contributed by atoms with van der Waals surface area (Å²) >= 11 is 0. The Morgan fingerprint density at radius 1 is 1.00 bits per heavy atom. The van der Waals surface area contributed by atoms with Crippen molar-refractivity contribution < 1.29 is 14.1 Å². The Morgan fingerprint density at radius 3 is 2.45 bits per heavy atom. The van der Waals surface area contributed by atoms with Gasteiger partial charge in [0, 0.05) is 32.0 Å². The number of likely N-dealkylation sites (tertiary alicyclic amines) is 1. The molecule has 1 aliphatic carbocycles. The molecule has 11 nitrogen and oxygen atoms in total. The van der Waals surface area contributed by atoms with Gasteiger partial charge in [0.25, 0.3) is 0 Å². The minimum atomic E-state index is -0.296. The van der Waals surface area contributed by atoms with Crippen molar-refractivity contribution in [3.8, 4) is 11.6 Å². The van der Waals surface area contributed by atoms with Crippen LogP contribution in [-0.4, -0.2) is 62.2 Å². The van der Waals surface area contributed by atoms with Gasteiger partial charge in [-0.15, -0.1) is 0 Å². The lowest BCUT2D eigenvalue weighted by Gasteiger charge is -2.30. The van der Waals surface area contributed by atoms with Crippen LogP contribution in [-0.2, 0) is 4.74 Å². The zero-order valence-corrected chi connectivity index (χ0v) is 18.2. The van der Waals surface area contributed by atoms with Crippen LogP contribution in [0.25, 0.3) is 11.6 Å². The SMILES string of the molecule is Nc1nc(Nc2ccccc2)nc(-c2noc(C(=O)N3CCC(COCC4CC4)CC3)n2)n1. The number of carbonyl (C=O) groups excluding carboxylic acids is 1. The van der Waals surface area contributed by atoms with E-state index in [4.69, 9.17) is 15.0 Å². The molecule has 3 N–H and O–H groups in total. The van der Waals surface area contributed by atoms with E-state index in [2.05, 4.69) is 30.4 Å². The third-order valence-corrected chi connectivity index (χ3v) is 5.80. The Hall–Kier alpha value is -3.60. The molecule has 2 fully saturated rings. The number of nitrogens with one attached hydrogen (secondary N) is 1. The van der Waals surface area contributed by atoms with E-state index < -0.39 is 0 Å². The van der Waals surface area contributed by atoms with E-state index in [1.165, 1.54) is 12.8 Å². The van der Waals surface area contributed by atoms with Gasteiger partial charge in [0.1, 0.15) is 0 Å². The number of rotatable bonds is 8. The van der Waals surface area contributed by atoms with Gasteiger partial charge in [-0.2, -0.15) is 19.9 Å². The van der Waals surface area contributed by atoms with Crippen molar-refractivity contribution in [2.45, 2.75) is 25.7 Å². The maximum absolute atomic E-state index is 12.8. The summed E-state index contributed by atoms with van der Waals surface area (Å²) in [6, 6.07) is 9.41. The molecule has 3 heterocycles. The molecule has 1 saturated carbocycles. The first-order valence-corrected chi connectivity index (χ1v) is 11.2. The van der Waals surface area contributed by atoms with E-state index in [0.717, 1.165) is 37.7 Å². The standard InChI is InChI=1S/C22H26N8O3/c23-21-26-17(27-22(28-21)24-16-4-2-1-3-5-16)18-25-19(33-29-18)20(31)30-10-8-15(9-11-30)13-32-12-14-6-7-14/h1-5,14-15H,6-13H2,(H3,23,24,26,27,28). The molecule has 11 heteroatoms. The molecule has 1 saturated heterocycles. The largest absolute Gasteiger partial charge is 0.381 e. The number of para-hydroxylation sites is 1. The molecule has 0 atom stereocenters. The van der Waals surface area contributed by atoms with Gasteiger partial charge in [-0.05, 0) is 49.7 Å². The van der Waals surface area contributed by atoms with Crippen LogP contribution < -0.4 is 11.1 Å². The summed E-state index contributed by atoms with van der Waals surface area (Å²) in [5.74, 6) is 1.30. The van der Waals surface area contributed by atoms with Gasteiger partial charge in [-0.3, -0.25) is 4.79 Å². The summed E-state index contributed by atoms with van der Waals surface area (Å²) < 4.78 is 11.0. The Labute approximate surface area is 190 Å². The van der Waals surface area contributed by atoms with Crippen molar-refractivity contribution in [1.82, 2.24) is 30.0 Å². The third-order valence-electron chi connectivity index (χ3n) is 5.80. The first kappa shape index (κ1) is 21.3. The number of nitrogens with two attached hydrogens (primary N) is 1. The number of amides is 1. The number of benzene rings is 1. The van der Waals surface area contributed by atoms with Crippen molar-refractivity contribution >= 4 is 23.5 Å². The molecule has 2 aromatic heterocycles. The van der Waals surface area contributed by atoms with Gasteiger partial charge in [-0.25, -0.2) is 0 Å². The number of ether oxygens (including phenoxy) is 1. The number of hydrogen-bond acceptors (Lipinski definition) is 10. The Balaban J connectivity index is 1.20. The fourth-order valence-corrected chi connectivity index (χ4v) is 3.72. The summed E-state index contributed by atoms with van der Waals surface area (Å²) in [6.45, 7) is 2.91. The molecule has 3 aromatic rings. The highest BCUT2D eigenvalue weighted by atomic mass is 16.5. The van der Waals surface area contributed by atoms with Crippen molar-refractivity contribution in [2.24, 2.45) is 11.8 Å². The fraction of sp³-hybridized carbons (Fsp3) is 0.455. The normalized spacial score (nSPS) is 16.7. The van der Waals surface area contributed by atoms with Crippen LogP contribution >= 0.6 is 0 Å². The monoisotopic (exact) mass is 450 g/mol. The van der Waals surface area contributed by atoms with E-state index in [-0.39, 0.29) is 35.3 Å². The summed E-state index contributed by atoms with van der Waals surface area (Å²) in [4.78, 5) is 31.3. The van der Waals surface area contributed by atoms with Crippen molar-refractivity contribution in [2.75, 3.05) is 37.4 Å². The topological polar surface area (TPSA) is 145 Å². The van der Waals surface area contributed by atoms with E-state index in [1.807, 2.05) is 30.3 Å². The number of nitrogen functional groups attached to an aromatic ring is 1. The number of carbonyl (C=O) groups is 1. The van der Waals surface area contributed by atoms with E-state index in [9.17, 15) is 4.79 Å². The average molecular weight is 451 g/mol.